The Hall–Kier alpha value is -3.43. The van der Waals surface area contributed by atoms with E-state index in [0.717, 1.165) is 83.2 Å². The van der Waals surface area contributed by atoms with E-state index < -0.39 is 0 Å². The second-order valence-electron chi connectivity index (χ2n) is 9.59. The highest BCUT2D eigenvalue weighted by Crippen LogP contribution is 2.33. The quantitative estimate of drug-likeness (QED) is 0.405. The van der Waals surface area contributed by atoms with Crippen molar-refractivity contribution in [3.63, 3.8) is 0 Å². The number of aryl methyl sites for hydroxylation is 2. The van der Waals surface area contributed by atoms with Crippen LogP contribution in [0.15, 0.2) is 24.4 Å². The van der Waals surface area contributed by atoms with Crippen LogP contribution < -0.4 is 4.74 Å². The van der Waals surface area contributed by atoms with Crippen molar-refractivity contribution in [2.75, 3.05) is 32.8 Å². The molecule has 9 nitrogen and oxygen atoms in total. The van der Waals surface area contributed by atoms with E-state index in [4.69, 9.17) is 14.6 Å². The van der Waals surface area contributed by atoms with E-state index in [1.807, 2.05) is 35.6 Å². The predicted molar refractivity (Wildman–Crippen MR) is 146 cm³/mol. The van der Waals surface area contributed by atoms with Gasteiger partial charge in [0.2, 0.25) is 5.88 Å². The van der Waals surface area contributed by atoms with E-state index in [1.54, 1.807) is 0 Å². The minimum atomic E-state index is -0.146. The van der Waals surface area contributed by atoms with Crippen LogP contribution in [-0.4, -0.2) is 67.5 Å². The monoisotopic (exact) mass is 503 g/mol. The maximum Gasteiger partial charge on any atom is 0.219 e. The molecule has 1 unspecified atom stereocenters. The summed E-state index contributed by atoms with van der Waals surface area (Å²) in [5, 5.41) is 18.2. The van der Waals surface area contributed by atoms with E-state index >= 15 is 0 Å². The SMILES string of the molecule is CCCN(CC)CCn1nc(C)c2c1OCCOC(C)c1c(cnn1C)-c1ccc3n[nH]c(c3c1)/C=C/2. The summed E-state index contributed by atoms with van der Waals surface area (Å²) in [5.41, 5.74) is 6.96. The number of H-pyrrole nitrogens is 1. The number of aromatic nitrogens is 6. The third kappa shape index (κ3) is 5.06. The third-order valence-corrected chi connectivity index (χ3v) is 7.11. The average Bonchev–Trinajstić information content (AvgIpc) is 3.57. The molecule has 0 aliphatic carbocycles. The van der Waals surface area contributed by atoms with Crippen molar-refractivity contribution in [3.05, 3.63) is 47.0 Å². The molecule has 4 heterocycles. The van der Waals surface area contributed by atoms with Gasteiger partial charge in [0.05, 0.1) is 53.6 Å². The van der Waals surface area contributed by atoms with Crippen LogP contribution in [0.25, 0.3) is 34.2 Å². The van der Waals surface area contributed by atoms with Gasteiger partial charge < -0.3 is 14.4 Å². The van der Waals surface area contributed by atoms with Crippen LogP contribution >= 0.6 is 0 Å². The highest BCUT2D eigenvalue weighted by Gasteiger charge is 2.20. The van der Waals surface area contributed by atoms with Crippen LogP contribution in [0.5, 0.6) is 5.88 Å². The molecule has 0 spiro atoms. The standard InChI is InChI=1S/C28H37N7O2/c1-6-12-34(7-2)13-14-35-28-22(19(3)32-35)9-11-26-23-17-21(8-10-25(23)30-31-26)24-18-29-33(5)27(24)20(4)36-15-16-37-28/h8-11,17-18,20H,6-7,12-16H2,1-5H3,(H,30,31)/b11-9+. The van der Waals surface area contributed by atoms with Crippen molar-refractivity contribution in [1.29, 1.82) is 0 Å². The van der Waals surface area contributed by atoms with E-state index in [1.165, 1.54) is 0 Å². The number of benzene rings is 1. The van der Waals surface area contributed by atoms with Crippen LogP contribution in [-0.2, 0) is 18.3 Å². The Morgan fingerprint density at radius 2 is 2.03 bits per heavy atom. The summed E-state index contributed by atoms with van der Waals surface area (Å²) in [6.45, 7) is 13.2. The molecule has 0 fully saturated rings. The minimum absolute atomic E-state index is 0.146. The van der Waals surface area contributed by atoms with Gasteiger partial charge in [-0.25, -0.2) is 4.68 Å². The molecule has 2 bridgehead atoms. The Balaban J connectivity index is 1.55. The molecule has 0 radical (unpaired) electrons. The number of hydrogen-bond acceptors (Lipinski definition) is 6. The minimum Gasteiger partial charge on any atom is -0.475 e. The molecule has 1 aromatic carbocycles. The highest BCUT2D eigenvalue weighted by atomic mass is 16.5. The van der Waals surface area contributed by atoms with Crippen LogP contribution in [0.3, 0.4) is 0 Å². The number of ether oxygens (including phenoxy) is 2. The molecular formula is C28H37N7O2. The fourth-order valence-corrected chi connectivity index (χ4v) is 5.14. The number of nitrogens with one attached hydrogen (secondary N) is 1. The highest BCUT2D eigenvalue weighted by molar-refractivity contribution is 5.93. The molecule has 0 saturated heterocycles. The molecule has 1 aliphatic rings. The van der Waals surface area contributed by atoms with Crippen LogP contribution in [0.2, 0.25) is 0 Å². The lowest BCUT2D eigenvalue weighted by atomic mass is 10.0. The Kier molecular flexibility index (Phi) is 7.43. The Labute approximate surface area is 218 Å². The number of likely N-dealkylation sites (N-methyl/N-ethyl adjacent to an activating group) is 1. The summed E-state index contributed by atoms with van der Waals surface area (Å²) in [6.07, 6.45) is 7.05. The van der Waals surface area contributed by atoms with Crippen LogP contribution in [0.1, 0.15) is 55.9 Å². The van der Waals surface area contributed by atoms with Gasteiger partial charge in [-0.2, -0.15) is 15.3 Å². The zero-order valence-electron chi connectivity index (χ0n) is 22.5. The van der Waals surface area contributed by atoms with E-state index in [0.29, 0.717) is 13.2 Å². The van der Waals surface area contributed by atoms with Crippen LogP contribution in [0.4, 0.5) is 0 Å². The van der Waals surface area contributed by atoms with Crippen molar-refractivity contribution in [1.82, 2.24) is 34.7 Å². The molecule has 1 atom stereocenters. The lowest BCUT2D eigenvalue weighted by Crippen LogP contribution is -2.28. The topological polar surface area (TPSA) is 86.0 Å². The molecule has 4 aromatic rings. The molecule has 1 N–H and O–H groups in total. The van der Waals surface area contributed by atoms with Gasteiger partial charge in [0.25, 0.3) is 0 Å². The van der Waals surface area contributed by atoms with E-state index in [-0.39, 0.29) is 6.10 Å². The van der Waals surface area contributed by atoms with Gasteiger partial charge in [-0.1, -0.05) is 19.9 Å². The van der Waals surface area contributed by atoms with Gasteiger partial charge in [-0.15, -0.1) is 0 Å². The van der Waals surface area contributed by atoms with Gasteiger partial charge in [-0.05, 0) is 63.2 Å². The van der Waals surface area contributed by atoms with Gasteiger partial charge in [0.1, 0.15) is 6.61 Å². The number of aromatic amines is 1. The fraction of sp³-hybridized carbons (Fsp3) is 0.464. The molecule has 37 heavy (non-hydrogen) atoms. The maximum absolute atomic E-state index is 6.35. The average molecular weight is 504 g/mol. The smallest absolute Gasteiger partial charge is 0.219 e. The summed E-state index contributed by atoms with van der Waals surface area (Å²) in [4.78, 5) is 2.44. The fourth-order valence-electron chi connectivity index (χ4n) is 5.14. The number of hydrogen-bond donors (Lipinski definition) is 1. The zero-order chi connectivity index (χ0) is 25.9. The van der Waals surface area contributed by atoms with Gasteiger partial charge in [0, 0.05) is 24.5 Å². The summed E-state index contributed by atoms with van der Waals surface area (Å²) in [7, 11) is 1.96. The summed E-state index contributed by atoms with van der Waals surface area (Å²) < 4.78 is 16.5. The van der Waals surface area contributed by atoms with Gasteiger partial charge in [0.15, 0.2) is 0 Å². The molecule has 9 heteroatoms. The Morgan fingerprint density at radius 1 is 1.16 bits per heavy atom. The molecule has 0 saturated carbocycles. The first-order valence-electron chi connectivity index (χ1n) is 13.2. The second-order valence-corrected chi connectivity index (χ2v) is 9.59. The van der Waals surface area contributed by atoms with Gasteiger partial charge >= 0.3 is 0 Å². The van der Waals surface area contributed by atoms with Crippen LogP contribution in [0, 0.1) is 6.92 Å². The van der Waals surface area contributed by atoms with Crippen molar-refractivity contribution in [3.8, 4) is 17.0 Å². The molecule has 3 aromatic heterocycles. The van der Waals surface area contributed by atoms with Crippen molar-refractivity contribution in [2.24, 2.45) is 7.05 Å². The summed E-state index contributed by atoms with van der Waals surface area (Å²) in [5.74, 6) is 0.776. The van der Waals surface area contributed by atoms with E-state index in [9.17, 15) is 0 Å². The molecule has 0 amide bonds. The first-order chi connectivity index (χ1) is 18.0. The molecular weight excluding hydrogens is 466 g/mol. The first kappa shape index (κ1) is 25.2. The maximum atomic E-state index is 6.35. The van der Waals surface area contributed by atoms with Crippen molar-refractivity contribution < 1.29 is 9.47 Å². The molecule has 196 valence electrons. The van der Waals surface area contributed by atoms with E-state index in [2.05, 4.69) is 65.3 Å². The largest absolute Gasteiger partial charge is 0.475 e. The zero-order valence-corrected chi connectivity index (χ0v) is 22.5. The Bertz CT molecular complexity index is 1400. The van der Waals surface area contributed by atoms with Crippen molar-refractivity contribution in [2.45, 2.75) is 46.8 Å². The number of rotatable bonds is 6. The molecule has 5 rings (SSSR count). The normalized spacial score (nSPS) is 16.9. The predicted octanol–water partition coefficient (Wildman–Crippen LogP) is 4.84. The Morgan fingerprint density at radius 3 is 2.84 bits per heavy atom. The van der Waals surface area contributed by atoms with Gasteiger partial charge in [-0.3, -0.25) is 9.78 Å². The number of fused-ring (bicyclic) bond motifs is 4. The summed E-state index contributed by atoms with van der Waals surface area (Å²) >= 11 is 0. The lowest BCUT2D eigenvalue weighted by molar-refractivity contribution is 0.0377. The lowest BCUT2D eigenvalue weighted by Gasteiger charge is -2.20. The second kappa shape index (κ2) is 10.9. The van der Waals surface area contributed by atoms with Crippen molar-refractivity contribution >= 4 is 23.1 Å². The summed E-state index contributed by atoms with van der Waals surface area (Å²) in [6, 6.07) is 6.31. The molecule has 1 aliphatic heterocycles. The first-order valence-corrected chi connectivity index (χ1v) is 13.2. The number of nitrogens with zero attached hydrogens (tertiary/aromatic N) is 6. The third-order valence-electron chi connectivity index (χ3n) is 7.11.